The van der Waals surface area contributed by atoms with Gasteiger partial charge in [-0.25, -0.2) is 13.1 Å². The lowest BCUT2D eigenvalue weighted by Crippen LogP contribution is -2.26. The Morgan fingerprint density at radius 3 is 2.56 bits per heavy atom. The summed E-state index contributed by atoms with van der Waals surface area (Å²) in [7, 11) is -3.73. The molecule has 1 aliphatic carbocycles. The summed E-state index contributed by atoms with van der Waals surface area (Å²) in [6.45, 7) is 1.48. The molecule has 0 unspecified atom stereocenters. The molecule has 1 saturated carbocycles. The third-order valence-electron chi connectivity index (χ3n) is 2.80. The van der Waals surface area contributed by atoms with Gasteiger partial charge in [0.05, 0.1) is 9.82 Å². The third-order valence-corrected chi connectivity index (χ3v) is 4.30. The molecule has 0 atom stereocenters. The number of nitrogen functional groups attached to an aromatic ring is 1. The van der Waals surface area contributed by atoms with Gasteiger partial charge in [0.25, 0.3) is 5.69 Å². The van der Waals surface area contributed by atoms with Gasteiger partial charge in [0.15, 0.2) is 0 Å². The van der Waals surface area contributed by atoms with Crippen LogP contribution in [0.2, 0.25) is 0 Å². The standard InChI is InChI=1S/C10H13N3O4S/c1-6-9(11)4-8(5-10(6)13(14)15)18(16,17)12-7-2-3-7/h4-5,7,12H,2-3,11H2,1H3. The van der Waals surface area contributed by atoms with Gasteiger partial charge in [0, 0.05) is 23.4 Å². The second kappa shape index (κ2) is 4.21. The van der Waals surface area contributed by atoms with Crippen LogP contribution in [-0.4, -0.2) is 19.4 Å². The van der Waals surface area contributed by atoms with Gasteiger partial charge in [-0.05, 0) is 25.8 Å². The highest BCUT2D eigenvalue weighted by molar-refractivity contribution is 7.89. The number of nitrogens with two attached hydrogens (primary N) is 1. The minimum atomic E-state index is -3.73. The summed E-state index contributed by atoms with van der Waals surface area (Å²) in [4.78, 5) is 10.0. The molecule has 0 spiro atoms. The lowest BCUT2D eigenvalue weighted by atomic mass is 10.1. The summed E-state index contributed by atoms with van der Waals surface area (Å²) in [5, 5.41) is 10.8. The minimum Gasteiger partial charge on any atom is -0.398 e. The minimum absolute atomic E-state index is 0.0587. The predicted molar refractivity (Wildman–Crippen MR) is 65.6 cm³/mol. The summed E-state index contributed by atoms with van der Waals surface area (Å²) in [6.07, 6.45) is 1.59. The first kappa shape index (κ1) is 12.8. The Hall–Kier alpha value is -1.67. The zero-order chi connectivity index (χ0) is 13.5. The van der Waals surface area contributed by atoms with Crippen LogP contribution in [0.15, 0.2) is 17.0 Å². The fourth-order valence-electron chi connectivity index (χ4n) is 1.53. The molecule has 1 aliphatic rings. The molecular formula is C10H13N3O4S. The van der Waals surface area contributed by atoms with Crippen molar-refractivity contribution in [3.8, 4) is 0 Å². The Kier molecular flexibility index (Phi) is 2.99. The van der Waals surface area contributed by atoms with Gasteiger partial charge < -0.3 is 5.73 Å². The van der Waals surface area contributed by atoms with Gasteiger partial charge >= 0.3 is 0 Å². The number of anilines is 1. The molecule has 0 radical (unpaired) electrons. The molecule has 7 nitrogen and oxygen atoms in total. The molecule has 0 aliphatic heterocycles. The fourth-order valence-corrected chi connectivity index (χ4v) is 2.89. The smallest absolute Gasteiger partial charge is 0.275 e. The van der Waals surface area contributed by atoms with Gasteiger partial charge in [-0.15, -0.1) is 0 Å². The summed E-state index contributed by atoms with van der Waals surface area (Å²) in [5.41, 5.74) is 5.69. The SMILES string of the molecule is Cc1c(N)cc(S(=O)(=O)NC2CC2)cc1[N+](=O)[O-]. The highest BCUT2D eigenvalue weighted by atomic mass is 32.2. The van der Waals surface area contributed by atoms with E-state index in [1.165, 1.54) is 13.0 Å². The Balaban J connectivity index is 2.48. The van der Waals surface area contributed by atoms with Crippen LogP contribution < -0.4 is 10.5 Å². The number of sulfonamides is 1. The van der Waals surface area contributed by atoms with E-state index in [1.54, 1.807) is 0 Å². The Morgan fingerprint density at radius 2 is 2.06 bits per heavy atom. The van der Waals surface area contributed by atoms with Crippen LogP contribution in [0, 0.1) is 17.0 Å². The fraction of sp³-hybridized carbons (Fsp3) is 0.400. The van der Waals surface area contributed by atoms with Crippen molar-refractivity contribution in [2.75, 3.05) is 5.73 Å². The van der Waals surface area contributed by atoms with E-state index in [2.05, 4.69) is 4.72 Å². The predicted octanol–water partition coefficient (Wildman–Crippen LogP) is 0.926. The lowest BCUT2D eigenvalue weighted by molar-refractivity contribution is -0.385. The van der Waals surface area contributed by atoms with Crippen molar-refractivity contribution in [3.05, 3.63) is 27.8 Å². The molecule has 18 heavy (non-hydrogen) atoms. The Labute approximate surface area is 104 Å². The first-order chi connectivity index (χ1) is 8.31. The Morgan fingerprint density at radius 1 is 1.44 bits per heavy atom. The molecule has 1 aromatic carbocycles. The van der Waals surface area contributed by atoms with E-state index in [1.807, 2.05) is 0 Å². The van der Waals surface area contributed by atoms with Crippen LogP contribution in [0.5, 0.6) is 0 Å². The molecule has 1 aromatic rings. The van der Waals surface area contributed by atoms with Gasteiger partial charge in [-0.3, -0.25) is 10.1 Å². The molecular weight excluding hydrogens is 258 g/mol. The highest BCUT2D eigenvalue weighted by Gasteiger charge is 2.29. The molecule has 0 bridgehead atoms. The molecule has 2 rings (SSSR count). The average molecular weight is 271 g/mol. The quantitative estimate of drug-likeness (QED) is 0.480. The summed E-state index contributed by atoms with van der Waals surface area (Å²) in [6, 6.07) is 2.22. The van der Waals surface area contributed by atoms with Crippen molar-refractivity contribution in [2.24, 2.45) is 0 Å². The number of nitro benzene ring substituents is 1. The molecule has 0 saturated heterocycles. The second-order valence-electron chi connectivity index (χ2n) is 4.31. The molecule has 0 aromatic heterocycles. The average Bonchev–Trinajstić information content (AvgIpc) is 3.04. The van der Waals surface area contributed by atoms with Crippen molar-refractivity contribution in [3.63, 3.8) is 0 Å². The van der Waals surface area contributed by atoms with Gasteiger partial charge in [0.1, 0.15) is 0 Å². The van der Waals surface area contributed by atoms with E-state index in [0.29, 0.717) is 0 Å². The van der Waals surface area contributed by atoms with E-state index in [0.717, 1.165) is 18.9 Å². The number of nitrogens with zero attached hydrogens (tertiary/aromatic N) is 1. The maximum atomic E-state index is 11.9. The zero-order valence-corrected chi connectivity index (χ0v) is 10.5. The third kappa shape index (κ3) is 2.44. The number of nitro groups is 1. The number of hydrogen-bond acceptors (Lipinski definition) is 5. The number of benzene rings is 1. The second-order valence-corrected chi connectivity index (χ2v) is 6.02. The van der Waals surface area contributed by atoms with Crippen LogP contribution in [-0.2, 0) is 10.0 Å². The maximum absolute atomic E-state index is 11.9. The van der Waals surface area contributed by atoms with Crippen LogP contribution >= 0.6 is 0 Å². The molecule has 3 N–H and O–H groups in total. The van der Waals surface area contributed by atoms with Crippen LogP contribution in [0.1, 0.15) is 18.4 Å². The molecule has 0 amide bonds. The van der Waals surface area contributed by atoms with Crippen LogP contribution in [0.25, 0.3) is 0 Å². The normalized spacial score (nSPS) is 15.6. The van der Waals surface area contributed by atoms with Crippen molar-refractivity contribution in [2.45, 2.75) is 30.7 Å². The summed E-state index contributed by atoms with van der Waals surface area (Å²) < 4.78 is 26.3. The number of hydrogen-bond donors (Lipinski definition) is 2. The van der Waals surface area contributed by atoms with E-state index >= 15 is 0 Å². The first-order valence-electron chi connectivity index (χ1n) is 5.38. The largest absolute Gasteiger partial charge is 0.398 e. The monoisotopic (exact) mass is 271 g/mol. The van der Waals surface area contributed by atoms with Crippen LogP contribution in [0.4, 0.5) is 11.4 Å². The van der Waals surface area contributed by atoms with E-state index in [-0.39, 0.29) is 27.9 Å². The Bertz CT molecular complexity index is 608. The van der Waals surface area contributed by atoms with Gasteiger partial charge in [-0.1, -0.05) is 0 Å². The maximum Gasteiger partial charge on any atom is 0.275 e. The molecule has 0 heterocycles. The molecule has 8 heteroatoms. The lowest BCUT2D eigenvalue weighted by Gasteiger charge is -2.08. The van der Waals surface area contributed by atoms with Crippen molar-refractivity contribution < 1.29 is 13.3 Å². The van der Waals surface area contributed by atoms with E-state index in [9.17, 15) is 18.5 Å². The van der Waals surface area contributed by atoms with Crippen molar-refractivity contribution >= 4 is 21.4 Å². The topological polar surface area (TPSA) is 115 Å². The van der Waals surface area contributed by atoms with E-state index < -0.39 is 14.9 Å². The van der Waals surface area contributed by atoms with Crippen LogP contribution in [0.3, 0.4) is 0 Å². The molecule has 98 valence electrons. The zero-order valence-electron chi connectivity index (χ0n) is 9.71. The number of rotatable bonds is 4. The first-order valence-corrected chi connectivity index (χ1v) is 6.86. The summed E-state index contributed by atoms with van der Waals surface area (Å²) >= 11 is 0. The number of nitrogens with one attached hydrogen (secondary N) is 1. The van der Waals surface area contributed by atoms with Gasteiger partial charge in [0.2, 0.25) is 10.0 Å². The van der Waals surface area contributed by atoms with Crippen molar-refractivity contribution in [1.29, 1.82) is 0 Å². The highest BCUT2D eigenvalue weighted by Crippen LogP contribution is 2.29. The van der Waals surface area contributed by atoms with E-state index in [4.69, 9.17) is 5.73 Å². The summed E-state index contributed by atoms with van der Waals surface area (Å²) in [5.74, 6) is 0. The van der Waals surface area contributed by atoms with Gasteiger partial charge in [-0.2, -0.15) is 0 Å². The van der Waals surface area contributed by atoms with Crippen molar-refractivity contribution in [1.82, 2.24) is 4.72 Å². The molecule has 1 fully saturated rings.